The molecule has 3 N–H and O–H groups in total. The molecular weight excluding hydrogens is 186 g/mol. The molecule has 0 rings (SSSR count). The van der Waals surface area contributed by atoms with E-state index in [0.717, 1.165) is 19.3 Å². The van der Waals surface area contributed by atoms with Gasteiger partial charge in [-0.2, -0.15) is 0 Å². The predicted molar refractivity (Wildman–Crippen MR) is 57.1 cm³/mol. The quantitative estimate of drug-likeness (QED) is 0.664. The summed E-state index contributed by atoms with van der Waals surface area (Å²) in [5, 5.41) is 8.96. The first-order valence-electron chi connectivity index (χ1n) is 4.70. The van der Waals surface area contributed by atoms with E-state index in [-0.39, 0.29) is 5.25 Å². The minimum atomic E-state index is -0.698. The molecule has 0 aliphatic carbocycles. The topological polar surface area (TPSA) is 63.3 Å². The van der Waals surface area contributed by atoms with E-state index in [4.69, 9.17) is 10.8 Å². The van der Waals surface area contributed by atoms with Crippen molar-refractivity contribution in [2.45, 2.75) is 43.6 Å². The molecule has 0 saturated heterocycles. The van der Waals surface area contributed by atoms with Crippen LogP contribution in [-0.4, -0.2) is 28.1 Å². The Balaban J connectivity index is 3.86. The van der Waals surface area contributed by atoms with Crippen molar-refractivity contribution >= 4 is 17.7 Å². The van der Waals surface area contributed by atoms with Crippen LogP contribution in [0.4, 0.5) is 0 Å². The van der Waals surface area contributed by atoms with Crippen molar-refractivity contribution < 1.29 is 9.90 Å². The number of thioether (sulfide) groups is 1. The van der Waals surface area contributed by atoms with Crippen LogP contribution in [0.1, 0.15) is 33.1 Å². The van der Waals surface area contributed by atoms with Gasteiger partial charge in [-0.05, 0) is 19.4 Å². The monoisotopic (exact) mass is 205 g/mol. The summed E-state index contributed by atoms with van der Waals surface area (Å²) in [7, 11) is 0. The summed E-state index contributed by atoms with van der Waals surface area (Å²) in [6.45, 7) is 4.67. The molecular formula is C9H19NO2S. The summed E-state index contributed by atoms with van der Waals surface area (Å²) in [5.41, 5.74) is 5.39. The number of carboxylic acid groups (broad SMARTS) is 1. The fraction of sp³-hybridized carbons (Fsp3) is 0.889. The minimum Gasteiger partial charge on any atom is -0.480 e. The van der Waals surface area contributed by atoms with Crippen LogP contribution in [0.25, 0.3) is 0 Å². The molecule has 0 heterocycles. The first-order valence-corrected chi connectivity index (χ1v) is 5.64. The van der Waals surface area contributed by atoms with E-state index in [9.17, 15) is 4.79 Å². The van der Waals surface area contributed by atoms with Gasteiger partial charge in [-0.3, -0.25) is 4.79 Å². The maximum absolute atomic E-state index is 10.8. The van der Waals surface area contributed by atoms with Crippen molar-refractivity contribution in [3.8, 4) is 0 Å². The summed E-state index contributed by atoms with van der Waals surface area (Å²) in [6.07, 6.45) is 2.55. The summed E-state index contributed by atoms with van der Waals surface area (Å²) < 4.78 is 0. The molecule has 0 radical (unpaired) electrons. The molecule has 4 heteroatoms. The Morgan fingerprint density at radius 2 is 2.15 bits per heavy atom. The van der Waals surface area contributed by atoms with E-state index >= 15 is 0 Å². The third-order valence-corrected chi connectivity index (χ3v) is 3.26. The molecule has 0 spiro atoms. The van der Waals surface area contributed by atoms with Crippen LogP contribution >= 0.6 is 11.8 Å². The van der Waals surface area contributed by atoms with E-state index in [1.807, 2.05) is 13.8 Å². The minimum absolute atomic E-state index is 0.258. The van der Waals surface area contributed by atoms with Gasteiger partial charge < -0.3 is 10.8 Å². The Labute approximate surface area is 84.1 Å². The van der Waals surface area contributed by atoms with Crippen LogP contribution < -0.4 is 5.73 Å². The fourth-order valence-corrected chi connectivity index (χ4v) is 2.42. The van der Waals surface area contributed by atoms with Gasteiger partial charge in [0, 0.05) is 5.25 Å². The summed E-state index contributed by atoms with van der Waals surface area (Å²) in [6, 6.07) is 0. The molecule has 0 fully saturated rings. The zero-order chi connectivity index (χ0) is 10.3. The molecule has 3 nitrogen and oxygen atoms in total. The number of hydrogen-bond donors (Lipinski definition) is 2. The molecule has 0 aliphatic heterocycles. The second-order valence-electron chi connectivity index (χ2n) is 3.14. The van der Waals surface area contributed by atoms with Crippen LogP contribution in [-0.2, 0) is 4.79 Å². The third-order valence-electron chi connectivity index (χ3n) is 1.80. The van der Waals surface area contributed by atoms with E-state index in [1.54, 1.807) is 0 Å². The molecule has 0 aromatic carbocycles. The third kappa shape index (κ3) is 5.93. The first kappa shape index (κ1) is 12.8. The summed E-state index contributed by atoms with van der Waals surface area (Å²) >= 11 is 1.52. The van der Waals surface area contributed by atoms with E-state index < -0.39 is 5.97 Å². The molecule has 78 valence electrons. The number of aliphatic carboxylic acids is 1. The lowest BCUT2D eigenvalue weighted by atomic mass is 10.2. The number of carboxylic acids is 1. The summed E-state index contributed by atoms with van der Waals surface area (Å²) in [4.78, 5) is 10.8. The molecule has 0 aliphatic rings. The van der Waals surface area contributed by atoms with Crippen LogP contribution in [0.15, 0.2) is 0 Å². The molecule has 13 heavy (non-hydrogen) atoms. The summed E-state index contributed by atoms with van der Waals surface area (Å²) in [5.74, 6) is -0.698. The van der Waals surface area contributed by atoms with Gasteiger partial charge in [0.25, 0.3) is 0 Å². The smallest absolute Gasteiger partial charge is 0.316 e. The van der Waals surface area contributed by atoms with Gasteiger partial charge in [-0.15, -0.1) is 11.8 Å². The van der Waals surface area contributed by atoms with Crippen molar-refractivity contribution in [1.82, 2.24) is 0 Å². The average molecular weight is 205 g/mol. The number of hydrogen-bond acceptors (Lipinski definition) is 3. The van der Waals surface area contributed by atoms with Gasteiger partial charge in [-0.1, -0.05) is 20.3 Å². The number of carbonyl (C=O) groups is 1. The Bertz CT molecular complexity index is 153. The molecule has 0 saturated carbocycles. The lowest BCUT2D eigenvalue weighted by Gasteiger charge is -2.15. The van der Waals surface area contributed by atoms with Gasteiger partial charge >= 0.3 is 5.97 Å². The second kappa shape index (κ2) is 7.21. The zero-order valence-electron chi connectivity index (χ0n) is 8.32. The Hall–Kier alpha value is -0.220. The normalized spacial score (nSPS) is 15.3. The van der Waals surface area contributed by atoms with Gasteiger partial charge in [0.15, 0.2) is 0 Å². The van der Waals surface area contributed by atoms with E-state index in [2.05, 4.69) is 0 Å². The van der Waals surface area contributed by atoms with Crippen LogP contribution in [0.5, 0.6) is 0 Å². The Morgan fingerprint density at radius 3 is 2.54 bits per heavy atom. The van der Waals surface area contributed by atoms with E-state index in [0.29, 0.717) is 11.8 Å². The highest BCUT2D eigenvalue weighted by atomic mass is 32.2. The first-order chi connectivity index (χ1) is 6.11. The lowest BCUT2D eigenvalue weighted by molar-refractivity contribution is -0.136. The zero-order valence-corrected chi connectivity index (χ0v) is 9.14. The number of nitrogens with two attached hydrogens (primary N) is 1. The van der Waals surface area contributed by atoms with Crippen molar-refractivity contribution in [3.05, 3.63) is 0 Å². The lowest BCUT2D eigenvalue weighted by Crippen LogP contribution is -2.20. The SMILES string of the molecule is CCCC(SC(C)CCN)C(=O)O. The molecule has 0 aromatic rings. The Kier molecular flexibility index (Phi) is 7.09. The van der Waals surface area contributed by atoms with Crippen LogP contribution in [0.2, 0.25) is 0 Å². The van der Waals surface area contributed by atoms with Gasteiger partial charge in [-0.25, -0.2) is 0 Å². The van der Waals surface area contributed by atoms with Crippen molar-refractivity contribution in [1.29, 1.82) is 0 Å². The highest BCUT2D eigenvalue weighted by Gasteiger charge is 2.19. The molecule has 0 bridgehead atoms. The van der Waals surface area contributed by atoms with Gasteiger partial charge in [0.2, 0.25) is 0 Å². The molecule has 0 aromatic heterocycles. The van der Waals surface area contributed by atoms with Gasteiger partial charge in [0.05, 0.1) is 0 Å². The van der Waals surface area contributed by atoms with E-state index in [1.165, 1.54) is 11.8 Å². The largest absolute Gasteiger partial charge is 0.480 e. The van der Waals surface area contributed by atoms with Gasteiger partial charge in [0.1, 0.15) is 5.25 Å². The molecule has 2 unspecified atom stereocenters. The van der Waals surface area contributed by atoms with Crippen molar-refractivity contribution in [2.24, 2.45) is 5.73 Å². The van der Waals surface area contributed by atoms with Crippen molar-refractivity contribution in [3.63, 3.8) is 0 Å². The molecule has 0 amide bonds. The van der Waals surface area contributed by atoms with Crippen molar-refractivity contribution in [2.75, 3.05) is 6.54 Å². The van der Waals surface area contributed by atoms with Crippen LogP contribution in [0.3, 0.4) is 0 Å². The predicted octanol–water partition coefficient (Wildman–Crippen LogP) is 1.71. The highest BCUT2D eigenvalue weighted by molar-refractivity contribution is 8.01. The Morgan fingerprint density at radius 1 is 1.54 bits per heavy atom. The highest BCUT2D eigenvalue weighted by Crippen LogP contribution is 2.23. The van der Waals surface area contributed by atoms with Crippen LogP contribution in [0, 0.1) is 0 Å². The number of rotatable bonds is 7. The second-order valence-corrected chi connectivity index (χ2v) is 4.79. The maximum atomic E-state index is 10.8. The standard InChI is InChI=1S/C9H19NO2S/c1-3-4-8(9(11)12)13-7(2)5-6-10/h7-8H,3-6,10H2,1-2H3,(H,11,12). The fourth-order valence-electron chi connectivity index (χ4n) is 1.10. The maximum Gasteiger partial charge on any atom is 0.316 e. The average Bonchev–Trinajstić information content (AvgIpc) is 2.04. The molecule has 2 atom stereocenters.